The Morgan fingerprint density at radius 1 is 1.23 bits per heavy atom. The van der Waals surface area contributed by atoms with Gasteiger partial charge in [-0.05, 0) is 12.1 Å². The third kappa shape index (κ3) is 1.38. The van der Waals surface area contributed by atoms with Gasteiger partial charge in [-0.15, -0.1) is 0 Å². The van der Waals surface area contributed by atoms with Crippen molar-refractivity contribution in [2.75, 3.05) is 0 Å². The predicted molar refractivity (Wildman–Crippen MR) is 49.7 cm³/mol. The number of fused-ring (bicyclic) bond motifs is 1. The number of benzene rings is 1. The van der Waals surface area contributed by atoms with Gasteiger partial charge >= 0.3 is 5.63 Å². The Balaban J connectivity index is 2.89. The minimum atomic E-state index is -0.546. The van der Waals surface area contributed by atoms with Crippen LogP contribution >= 0.6 is 8.46 Å². The summed E-state index contributed by atoms with van der Waals surface area (Å²) in [4.78, 5) is 11.1. The average molecular weight is 192 g/mol. The van der Waals surface area contributed by atoms with Crippen LogP contribution < -0.4 is 10.9 Å². The van der Waals surface area contributed by atoms with Crippen molar-refractivity contribution >= 4 is 24.7 Å². The van der Waals surface area contributed by atoms with Crippen molar-refractivity contribution < 1.29 is 8.98 Å². The molecule has 1 aromatic heterocycles. The summed E-state index contributed by atoms with van der Waals surface area (Å²) in [6, 6.07) is 8.67. The van der Waals surface area contributed by atoms with Crippen LogP contribution in [0, 0.1) is 0 Å². The smallest absolute Gasteiger partial charge is 0.351 e. The van der Waals surface area contributed by atoms with Crippen molar-refractivity contribution in [1.82, 2.24) is 0 Å². The molecule has 0 bridgehead atoms. The van der Waals surface area contributed by atoms with Gasteiger partial charge in [-0.2, -0.15) is 0 Å². The van der Waals surface area contributed by atoms with Crippen molar-refractivity contribution in [2.24, 2.45) is 0 Å². The molecule has 1 aromatic carbocycles. The molecule has 0 aliphatic heterocycles. The molecule has 0 aliphatic carbocycles. The highest BCUT2D eigenvalue weighted by molar-refractivity contribution is 7.34. The molecule has 0 atom stereocenters. The molecule has 0 radical (unpaired) electrons. The lowest BCUT2D eigenvalue weighted by atomic mass is 10.2. The number of hydrogen-bond donors (Lipinski definition) is 0. The van der Waals surface area contributed by atoms with Crippen LogP contribution in [-0.2, 0) is 4.57 Å². The molecule has 0 unspecified atom stereocenters. The van der Waals surface area contributed by atoms with Crippen molar-refractivity contribution in [3.05, 3.63) is 40.8 Å². The van der Waals surface area contributed by atoms with Gasteiger partial charge in [0.2, 0.25) is 0 Å². The van der Waals surface area contributed by atoms with E-state index in [1.54, 1.807) is 24.3 Å². The van der Waals surface area contributed by atoms with Crippen LogP contribution in [0.25, 0.3) is 11.0 Å². The largest absolute Gasteiger partial charge is 0.422 e. The zero-order chi connectivity index (χ0) is 9.26. The van der Waals surface area contributed by atoms with Crippen LogP contribution in [0.4, 0.5) is 0 Å². The average Bonchev–Trinajstić information content (AvgIpc) is 2.17. The fourth-order valence-electron chi connectivity index (χ4n) is 1.11. The zero-order valence-electron chi connectivity index (χ0n) is 6.56. The summed E-state index contributed by atoms with van der Waals surface area (Å²) in [5, 5.41) is 0.930. The van der Waals surface area contributed by atoms with E-state index in [1.165, 1.54) is 0 Å². The second kappa shape index (κ2) is 3.11. The van der Waals surface area contributed by atoms with E-state index in [2.05, 4.69) is 0 Å². The Morgan fingerprint density at radius 3 is 2.77 bits per heavy atom. The minimum absolute atomic E-state index is 0.152. The van der Waals surface area contributed by atoms with Gasteiger partial charge in [-0.1, -0.05) is 18.2 Å². The summed E-state index contributed by atoms with van der Waals surface area (Å²) in [6.45, 7) is 0. The SMILES string of the molecule is O=Pc1cc2ccccc2oc1=O. The molecule has 1 heterocycles. The van der Waals surface area contributed by atoms with Gasteiger partial charge in [0, 0.05) is 5.39 Å². The van der Waals surface area contributed by atoms with Gasteiger partial charge in [0.25, 0.3) is 0 Å². The first-order valence-corrected chi connectivity index (χ1v) is 4.49. The van der Waals surface area contributed by atoms with E-state index < -0.39 is 5.63 Å². The van der Waals surface area contributed by atoms with Gasteiger partial charge in [0.15, 0.2) is 8.46 Å². The number of rotatable bonds is 1. The highest BCUT2D eigenvalue weighted by atomic mass is 31.1. The van der Waals surface area contributed by atoms with Crippen molar-refractivity contribution in [1.29, 1.82) is 0 Å². The second-order valence-corrected chi connectivity index (χ2v) is 3.21. The molecule has 0 N–H and O–H groups in total. The molecule has 64 valence electrons. The van der Waals surface area contributed by atoms with Crippen molar-refractivity contribution in [3.63, 3.8) is 0 Å². The highest BCUT2D eigenvalue weighted by Crippen LogP contribution is 2.10. The lowest BCUT2D eigenvalue weighted by molar-refractivity contribution is 0.564. The Bertz CT molecular complexity index is 515. The van der Waals surface area contributed by atoms with Gasteiger partial charge in [-0.25, -0.2) is 4.79 Å². The molecule has 3 nitrogen and oxygen atoms in total. The van der Waals surface area contributed by atoms with Gasteiger partial charge < -0.3 is 4.42 Å². The quantitative estimate of drug-likeness (QED) is 0.510. The van der Waals surface area contributed by atoms with E-state index in [4.69, 9.17) is 4.42 Å². The molecule has 0 spiro atoms. The zero-order valence-corrected chi connectivity index (χ0v) is 7.45. The first-order valence-electron chi connectivity index (χ1n) is 3.67. The molecular weight excluding hydrogens is 187 g/mol. The molecule has 4 heteroatoms. The third-order valence-electron chi connectivity index (χ3n) is 1.72. The van der Waals surface area contributed by atoms with Crippen LogP contribution in [0.3, 0.4) is 0 Å². The maximum absolute atomic E-state index is 11.1. The molecule has 2 aromatic rings. The van der Waals surface area contributed by atoms with Gasteiger partial charge in [0.1, 0.15) is 10.9 Å². The van der Waals surface area contributed by atoms with Crippen molar-refractivity contribution in [2.45, 2.75) is 0 Å². The first-order chi connectivity index (χ1) is 6.31. The monoisotopic (exact) mass is 192 g/mol. The van der Waals surface area contributed by atoms with E-state index in [9.17, 15) is 9.36 Å². The number of para-hydroxylation sites is 1. The molecule has 0 fully saturated rings. The lowest BCUT2D eigenvalue weighted by Crippen LogP contribution is -2.16. The molecule has 0 saturated heterocycles. The van der Waals surface area contributed by atoms with E-state index in [-0.39, 0.29) is 13.8 Å². The third-order valence-corrected chi connectivity index (χ3v) is 2.23. The summed E-state index contributed by atoms with van der Waals surface area (Å²) < 4.78 is 15.4. The molecule has 13 heavy (non-hydrogen) atoms. The first kappa shape index (κ1) is 8.14. The second-order valence-electron chi connectivity index (χ2n) is 2.55. The minimum Gasteiger partial charge on any atom is -0.422 e. The Kier molecular flexibility index (Phi) is 1.95. The van der Waals surface area contributed by atoms with Crippen LogP contribution in [-0.4, -0.2) is 0 Å². The fraction of sp³-hybridized carbons (Fsp3) is 0. The topological polar surface area (TPSA) is 47.3 Å². The van der Waals surface area contributed by atoms with Crippen molar-refractivity contribution in [3.8, 4) is 0 Å². The predicted octanol–water partition coefficient (Wildman–Crippen LogP) is 1.71. The molecule has 0 aliphatic rings. The van der Waals surface area contributed by atoms with Crippen LogP contribution in [0.2, 0.25) is 0 Å². The van der Waals surface area contributed by atoms with E-state index in [1.807, 2.05) is 6.07 Å². The highest BCUT2D eigenvalue weighted by Gasteiger charge is 2.03. The number of hydrogen-bond acceptors (Lipinski definition) is 3. The van der Waals surface area contributed by atoms with Gasteiger partial charge in [0.05, 0.1) is 0 Å². The maximum Gasteiger partial charge on any atom is 0.351 e. The Labute approximate surface area is 75.2 Å². The molecule has 0 amide bonds. The van der Waals surface area contributed by atoms with Crippen LogP contribution in [0.15, 0.2) is 39.5 Å². The van der Waals surface area contributed by atoms with E-state index in [0.29, 0.717) is 5.58 Å². The van der Waals surface area contributed by atoms with Gasteiger partial charge in [-0.3, -0.25) is 4.57 Å². The normalized spacial score (nSPS) is 10.8. The summed E-state index contributed by atoms with van der Waals surface area (Å²) >= 11 is 0. The molecule has 2 rings (SSSR count). The Hall–Kier alpha value is -1.47. The summed E-state index contributed by atoms with van der Waals surface area (Å²) in [5.41, 5.74) is -0.0322. The standard InChI is InChI=1S/C9H5O3P/c10-9-8(13-11)5-6-3-1-2-4-7(6)12-9/h1-5H. The fourth-order valence-corrected chi connectivity index (χ4v) is 1.43. The van der Waals surface area contributed by atoms with Crippen LogP contribution in [0.5, 0.6) is 0 Å². The Morgan fingerprint density at radius 2 is 2.00 bits per heavy atom. The molecular formula is C9H5O3P. The summed E-state index contributed by atoms with van der Waals surface area (Å²) in [5.74, 6) is 0. The van der Waals surface area contributed by atoms with E-state index in [0.717, 1.165) is 5.39 Å². The maximum atomic E-state index is 11.1. The molecule has 0 saturated carbocycles. The van der Waals surface area contributed by atoms with E-state index >= 15 is 0 Å². The lowest BCUT2D eigenvalue weighted by Gasteiger charge is -1.94. The van der Waals surface area contributed by atoms with Crippen LogP contribution in [0.1, 0.15) is 0 Å². The summed E-state index contributed by atoms with van der Waals surface area (Å²) in [6.07, 6.45) is 0. The summed E-state index contributed by atoms with van der Waals surface area (Å²) in [7, 11) is -0.305.